The first-order valence-electron chi connectivity index (χ1n) is 2.31. The van der Waals surface area contributed by atoms with Crippen molar-refractivity contribution in [3.63, 3.8) is 0 Å². The minimum Gasteiger partial charge on any atom is -0.144 e. The average molecular weight is 120 g/mol. The number of hydrogen-bond donors (Lipinski definition) is 0. The summed E-state index contributed by atoms with van der Waals surface area (Å²) in [7, 11) is 0. The lowest BCUT2D eigenvalue weighted by Crippen LogP contribution is -1.48. The Labute approximate surface area is 54.1 Å². The van der Waals surface area contributed by atoms with Gasteiger partial charge in [0.25, 0.3) is 0 Å². The van der Waals surface area contributed by atoms with Crippen molar-refractivity contribution >= 4 is 0 Å². The lowest BCUT2D eigenvalue weighted by molar-refractivity contribution is 0.774. The van der Waals surface area contributed by atoms with Crippen molar-refractivity contribution in [2.45, 2.75) is 0 Å². The van der Waals surface area contributed by atoms with Crippen LogP contribution in [-0.4, -0.2) is 0 Å². The van der Waals surface area contributed by atoms with Crippen LogP contribution in [-0.2, 0) is 0 Å². The van der Waals surface area contributed by atoms with Gasteiger partial charge in [-0.1, -0.05) is 18.1 Å². The van der Waals surface area contributed by atoms with E-state index in [0.717, 1.165) is 0 Å². The van der Waals surface area contributed by atoms with Gasteiger partial charge in [0.2, 0.25) is 0 Å². The Balaban J connectivity index is 3.59. The highest BCUT2D eigenvalue weighted by atomic mass is 19.1. The molecule has 0 radical (unpaired) electrons. The van der Waals surface area contributed by atoms with E-state index in [1.165, 1.54) is 18.3 Å². The van der Waals surface area contributed by atoms with Crippen molar-refractivity contribution in [2.75, 3.05) is 0 Å². The van der Waals surface area contributed by atoms with Gasteiger partial charge in [-0.15, -0.1) is 10.8 Å². The van der Waals surface area contributed by atoms with Crippen molar-refractivity contribution in [3.8, 4) is 24.4 Å². The maximum absolute atomic E-state index is 11.0. The van der Waals surface area contributed by atoms with E-state index in [-0.39, 0.29) is 0 Å². The van der Waals surface area contributed by atoms with Gasteiger partial charge in [-0.05, 0) is 18.1 Å². The molecule has 0 saturated carbocycles. The zero-order valence-electron chi connectivity index (χ0n) is 4.76. The van der Waals surface area contributed by atoms with Crippen LogP contribution in [0, 0.1) is 24.4 Å². The number of hydrogen-bond acceptors (Lipinski definition) is 0. The van der Waals surface area contributed by atoms with Crippen LogP contribution in [0.1, 0.15) is 0 Å². The number of halogens is 1. The zero-order valence-corrected chi connectivity index (χ0v) is 4.76. The molecule has 0 N–H and O–H groups in total. The van der Waals surface area contributed by atoms with E-state index in [2.05, 4.69) is 11.8 Å². The summed E-state index contributed by atoms with van der Waals surface area (Å²) in [6, 6.07) is 0. The van der Waals surface area contributed by atoms with Crippen molar-refractivity contribution in [1.29, 1.82) is 0 Å². The van der Waals surface area contributed by atoms with E-state index in [1.807, 2.05) is 0 Å². The second kappa shape index (κ2) is 6.53. The molecule has 0 fully saturated rings. The largest absolute Gasteiger partial charge is 0.144 e. The van der Waals surface area contributed by atoms with Crippen molar-refractivity contribution < 1.29 is 4.39 Å². The molecule has 0 heterocycles. The highest BCUT2D eigenvalue weighted by molar-refractivity contribution is 5.21. The number of terminal acetylenes is 1. The third-order valence-corrected chi connectivity index (χ3v) is 0.538. The van der Waals surface area contributed by atoms with Gasteiger partial charge in [0.05, 0.1) is 0 Å². The Hall–Kier alpha value is -1.47. The molecule has 0 saturated heterocycles. The third-order valence-electron chi connectivity index (χ3n) is 0.538. The van der Waals surface area contributed by atoms with E-state index < -0.39 is 0 Å². The molecule has 0 aromatic rings. The minimum absolute atomic E-state index is 1.22. The first kappa shape index (κ1) is 7.53. The standard InChI is InChI=1S/C8H5F/c1-2-3-4-5-6-7-8-9/h1,3-6H/b4-3+,6-5+. The van der Waals surface area contributed by atoms with Crippen molar-refractivity contribution in [1.82, 2.24) is 0 Å². The molecule has 0 rings (SSSR count). The topological polar surface area (TPSA) is 0 Å². The Kier molecular flexibility index (Phi) is 5.46. The summed E-state index contributed by atoms with van der Waals surface area (Å²) in [6.45, 7) is 0. The first-order valence-corrected chi connectivity index (χ1v) is 2.31. The molecular weight excluding hydrogens is 115 g/mol. The normalized spacial score (nSPS) is 8.89. The fourth-order valence-electron chi connectivity index (χ4n) is 0.246. The SMILES string of the molecule is C#C/C=C/C=C/C#CF. The van der Waals surface area contributed by atoms with Crippen LogP contribution < -0.4 is 0 Å². The van der Waals surface area contributed by atoms with E-state index >= 15 is 0 Å². The van der Waals surface area contributed by atoms with Gasteiger partial charge in [-0.2, -0.15) is 0 Å². The second-order valence-electron chi connectivity index (χ2n) is 1.12. The first-order chi connectivity index (χ1) is 4.41. The summed E-state index contributed by atoms with van der Waals surface area (Å²) in [6.07, 6.45) is 12.1. The van der Waals surface area contributed by atoms with Gasteiger partial charge in [0, 0.05) is 0 Å². The molecule has 0 nitrogen and oxygen atoms in total. The predicted molar refractivity (Wildman–Crippen MR) is 36.0 cm³/mol. The van der Waals surface area contributed by atoms with Crippen LogP contribution in [0.5, 0.6) is 0 Å². The highest BCUT2D eigenvalue weighted by Gasteiger charge is 1.57. The molecule has 0 unspecified atom stereocenters. The van der Waals surface area contributed by atoms with Crippen LogP contribution >= 0.6 is 0 Å². The summed E-state index contributed by atoms with van der Waals surface area (Å²) in [5.41, 5.74) is 0. The summed E-state index contributed by atoms with van der Waals surface area (Å²) in [5.74, 6) is 4.36. The summed E-state index contributed by atoms with van der Waals surface area (Å²) >= 11 is 0. The summed E-state index contributed by atoms with van der Waals surface area (Å²) in [5, 5.41) is 0. The van der Waals surface area contributed by atoms with Crippen LogP contribution in [0.25, 0.3) is 0 Å². The number of rotatable bonds is 1. The van der Waals surface area contributed by atoms with E-state index in [4.69, 9.17) is 6.42 Å². The maximum atomic E-state index is 11.0. The molecule has 0 aromatic carbocycles. The van der Waals surface area contributed by atoms with Crippen LogP contribution in [0.4, 0.5) is 4.39 Å². The van der Waals surface area contributed by atoms with E-state index in [9.17, 15) is 4.39 Å². The molecule has 0 spiro atoms. The molecule has 44 valence electrons. The molecule has 0 aliphatic carbocycles. The van der Waals surface area contributed by atoms with Gasteiger partial charge in [-0.25, -0.2) is 0 Å². The number of allylic oxidation sites excluding steroid dienone is 4. The van der Waals surface area contributed by atoms with Gasteiger partial charge in [0.1, 0.15) is 6.17 Å². The fraction of sp³-hybridized carbons (Fsp3) is 0. The molecule has 0 aliphatic heterocycles. The smallest absolute Gasteiger partial charge is 0.110 e. The van der Waals surface area contributed by atoms with Crippen molar-refractivity contribution in [2.24, 2.45) is 0 Å². The summed E-state index contributed by atoms with van der Waals surface area (Å²) < 4.78 is 11.0. The second-order valence-corrected chi connectivity index (χ2v) is 1.12. The molecule has 1 heteroatoms. The Morgan fingerprint density at radius 3 is 2.44 bits per heavy atom. The quantitative estimate of drug-likeness (QED) is 0.364. The molecule has 0 aliphatic rings. The van der Waals surface area contributed by atoms with Gasteiger partial charge in [-0.3, -0.25) is 0 Å². The fourth-order valence-corrected chi connectivity index (χ4v) is 0.246. The zero-order chi connectivity index (χ0) is 6.95. The van der Waals surface area contributed by atoms with Gasteiger partial charge in [0.15, 0.2) is 0 Å². The Morgan fingerprint density at radius 2 is 1.89 bits per heavy atom. The monoisotopic (exact) mass is 120 g/mol. The third kappa shape index (κ3) is 6.53. The van der Waals surface area contributed by atoms with Gasteiger partial charge < -0.3 is 0 Å². The molecule has 0 aromatic heterocycles. The Bertz CT molecular complexity index is 205. The van der Waals surface area contributed by atoms with Gasteiger partial charge >= 0.3 is 0 Å². The molecule has 9 heavy (non-hydrogen) atoms. The average Bonchev–Trinajstić information content (AvgIpc) is 1.89. The minimum atomic E-state index is 1.22. The van der Waals surface area contributed by atoms with E-state index in [0.29, 0.717) is 0 Å². The van der Waals surface area contributed by atoms with Crippen LogP contribution in [0.3, 0.4) is 0 Å². The lowest BCUT2D eigenvalue weighted by Gasteiger charge is -1.63. The lowest BCUT2D eigenvalue weighted by atomic mass is 10.4. The van der Waals surface area contributed by atoms with Crippen LogP contribution in [0.15, 0.2) is 24.3 Å². The molecule has 0 bridgehead atoms. The van der Waals surface area contributed by atoms with E-state index in [1.54, 1.807) is 12.2 Å². The summed E-state index contributed by atoms with van der Waals surface area (Å²) in [4.78, 5) is 0. The molecular formula is C8H5F. The molecule has 0 amide bonds. The highest BCUT2D eigenvalue weighted by Crippen LogP contribution is 1.73. The maximum Gasteiger partial charge on any atom is 0.110 e. The molecule has 0 atom stereocenters. The van der Waals surface area contributed by atoms with Crippen molar-refractivity contribution in [3.05, 3.63) is 24.3 Å². The predicted octanol–water partition coefficient (Wildman–Crippen LogP) is 1.66. The Morgan fingerprint density at radius 1 is 1.22 bits per heavy atom. The van der Waals surface area contributed by atoms with Crippen LogP contribution in [0.2, 0.25) is 0 Å².